The van der Waals surface area contributed by atoms with Crippen molar-refractivity contribution in [2.45, 2.75) is 32.1 Å². The van der Waals surface area contributed by atoms with Gasteiger partial charge in [0.25, 0.3) is 5.91 Å². The summed E-state index contributed by atoms with van der Waals surface area (Å²) in [6.45, 7) is 3.51. The zero-order valence-corrected chi connectivity index (χ0v) is 15.9. The monoisotopic (exact) mass is 378 g/mol. The van der Waals surface area contributed by atoms with Gasteiger partial charge in [0.05, 0.1) is 5.69 Å². The lowest BCUT2D eigenvalue weighted by atomic mass is 9.89. The third-order valence-corrected chi connectivity index (χ3v) is 5.29. The molecule has 0 spiro atoms. The van der Waals surface area contributed by atoms with Gasteiger partial charge >= 0.3 is 0 Å². The van der Waals surface area contributed by atoms with Crippen LogP contribution in [0.1, 0.15) is 51.7 Å². The summed E-state index contributed by atoms with van der Waals surface area (Å²) in [6.07, 6.45) is 2.56. The average molecular weight is 378 g/mol. The number of amides is 1. The summed E-state index contributed by atoms with van der Waals surface area (Å²) in [5.74, 6) is 0.226. The van der Waals surface area contributed by atoms with E-state index in [2.05, 4.69) is 36.3 Å². The summed E-state index contributed by atoms with van der Waals surface area (Å²) >= 11 is 0. The minimum Gasteiger partial charge on any atom is -0.351 e. The number of carbonyl (C=O) groups excluding carboxylic acids is 1. The number of hydrogen-bond acceptors (Lipinski definition) is 3. The molecule has 0 N–H and O–H groups in total. The Kier molecular flexibility index (Phi) is 5.24. The lowest BCUT2D eigenvalue weighted by Crippen LogP contribution is -2.39. The lowest BCUT2D eigenvalue weighted by molar-refractivity contribution is 0.0665. The Hall–Kier alpha value is -2.95. The second kappa shape index (κ2) is 7.97. The normalized spacial score (nSPS) is 16.9. The smallest absolute Gasteiger partial charge is 0.292 e. The van der Waals surface area contributed by atoms with E-state index >= 15 is 0 Å². The molecule has 2 heterocycles. The molecule has 0 aliphatic carbocycles. The molecule has 0 bridgehead atoms. The van der Waals surface area contributed by atoms with Gasteiger partial charge in [0.2, 0.25) is 5.76 Å². The minimum atomic E-state index is -0.270. The lowest BCUT2D eigenvalue weighted by Gasteiger charge is -2.32. The highest BCUT2D eigenvalue weighted by atomic mass is 19.1. The molecule has 1 amide bonds. The summed E-state index contributed by atoms with van der Waals surface area (Å²) in [6, 6.07) is 16.5. The topological polar surface area (TPSA) is 46.3 Å². The van der Waals surface area contributed by atoms with Crippen LogP contribution in [0.15, 0.2) is 59.1 Å². The maximum Gasteiger partial charge on any atom is 0.292 e. The number of piperidine rings is 1. The van der Waals surface area contributed by atoms with Gasteiger partial charge in [-0.1, -0.05) is 47.1 Å². The van der Waals surface area contributed by atoms with Crippen molar-refractivity contribution in [3.63, 3.8) is 0 Å². The molecule has 1 aliphatic heterocycles. The molecule has 144 valence electrons. The third-order valence-electron chi connectivity index (χ3n) is 5.29. The molecule has 4 nitrogen and oxygen atoms in total. The fraction of sp³-hybridized carbons (Fsp3) is 0.304. The van der Waals surface area contributed by atoms with Gasteiger partial charge in [0.1, 0.15) is 5.82 Å². The molecule has 1 atom stereocenters. The maximum absolute atomic E-state index is 13.0. The van der Waals surface area contributed by atoms with E-state index < -0.39 is 0 Å². The Morgan fingerprint density at radius 2 is 2.04 bits per heavy atom. The number of rotatable bonds is 4. The fourth-order valence-corrected chi connectivity index (χ4v) is 3.82. The van der Waals surface area contributed by atoms with Crippen LogP contribution in [0.3, 0.4) is 0 Å². The van der Waals surface area contributed by atoms with E-state index in [4.69, 9.17) is 4.52 Å². The number of likely N-dealkylation sites (tertiary alicyclic amines) is 1. The molecule has 2 aromatic carbocycles. The van der Waals surface area contributed by atoms with Crippen LogP contribution < -0.4 is 0 Å². The molecule has 4 rings (SSSR count). The minimum absolute atomic E-state index is 0.116. The summed E-state index contributed by atoms with van der Waals surface area (Å²) in [5.41, 5.74) is 4.11. The van der Waals surface area contributed by atoms with E-state index in [0.717, 1.165) is 24.9 Å². The molecule has 0 saturated carbocycles. The van der Waals surface area contributed by atoms with E-state index in [0.29, 0.717) is 24.6 Å². The predicted molar refractivity (Wildman–Crippen MR) is 105 cm³/mol. The van der Waals surface area contributed by atoms with E-state index in [1.165, 1.54) is 23.3 Å². The van der Waals surface area contributed by atoms with Crippen LogP contribution in [0.4, 0.5) is 4.39 Å². The first kappa shape index (κ1) is 18.4. The van der Waals surface area contributed by atoms with Crippen molar-refractivity contribution in [2.75, 3.05) is 13.1 Å². The van der Waals surface area contributed by atoms with Gasteiger partial charge in [-0.25, -0.2) is 4.39 Å². The van der Waals surface area contributed by atoms with Gasteiger partial charge in [0.15, 0.2) is 0 Å². The van der Waals surface area contributed by atoms with Crippen LogP contribution in [-0.4, -0.2) is 29.1 Å². The van der Waals surface area contributed by atoms with Crippen LogP contribution >= 0.6 is 0 Å². The number of benzene rings is 2. The van der Waals surface area contributed by atoms with E-state index in [1.54, 1.807) is 18.2 Å². The Morgan fingerprint density at radius 3 is 2.82 bits per heavy atom. The number of aromatic nitrogens is 1. The Balaban J connectivity index is 1.44. The van der Waals surface area contributed by atoms with Crippen LogP contribution in [0, 0.1) is 12.7 Å². The highest BCUT2D eigenvalue weighted by Gasteiger charge is 2.27. The second-order valence-corrected chi connectivity index (χ2v) is 7.49. The number of nitrogens with zero attached hydrogens (tertiary/aromatic N) is 2. The van der Waals surface area contributed by atoms with E-state index in [9.17, 15) is 9.18 Å². The molecule has 28 heavy (non-hydrogen) atoms. The standard InChI is InChI=1S/C23H23FN2O2/c1-16-4-2-5-18(12-16)19-6-3-11-26(15-19)23(27)22-14-21(25-28-22)13-17-7-9-20(24)10-8-17/h2,4-5,7-10,12,14,19H,3,6,11,13,15H2,1H3/t19-/m1/s1. The molecule has 1 aromatic heterocycles. The first-order valence-corrected chi connectivity index (χ1v) is 9.64. The fourth-order valence-electron chi connectivity index (χ4n) is 3.82. The van der Waals surface area contributed by atoms with Crippen molar-refractivity contribution in [1.82, 2.24) is 10.1 Å². The third kappa shape index (κ3) is 4.14. The molecular weight excluding hydrogens is 355 g/mol. The van der Waals surface area contributed by atoms with Crippen LogP contribution in [-0.2, 0) is 6.42 Å². The zero-order valence-electron chi connectivity index (χ0n) is 15.9. The number of aryl methyl sites for hydroxylation is 1. The van der Waals surface area contributed by atoms with Gasteiger partial charge in [0, 0.05) is 31.5 Å². The SMILES string of the molecule is Cc1cccc([C@@H]2CCCN(C(=O)c3cc(Cc4ccc(F)cc4)no3)C2)c1. The van der Waals surface area contributed by atoms with Gasteiger partial charge in [-0.05, 0) is 43.0 Å². The number of hydrogen-bond donors (Lipinski definition) is 0. The van der Waals surface area contributed by atoms with Crippen molar-refractivity contribution in [3.8, 4) is 0 Å². The van der Waals surface area contributed by atoms with Crippen molar-refractivity contribution < 1.29 is 13.7 Å². The van der Waals surface area contributed by atoms with Gasteiger partial charge in [-0.3, -0.25) is 4.79 Å². The average Bonchev–Trinajstić information content (AvgIpc) is 3.18. The molecule has 1 aliphatic rings. The van der Waals surface area contributed by atoms with Crippen LogP contribution in [0.25, 0.3) is 0 Å². The quantitative estimate of drug-likeness (QED) is 0.659. The highest BCUT2D eigenvalue weighted by Crippen LogP contribution is 2.28. The first-order chi connectivity index (χ1) is 13.6. The highest BCUT2D eigenvalue weighted by molar-refractivity contribution is 5.91. The van der Waals surface area contributed by atoms with Crippen LogP contribution in [0.5, 0.6) is 0 Å². The van der Waals surface area contributed by atoms with Gasteiger partial charge < -0.3 is 9.42 Å². The first-order valence-electron chi connectivity index (χ1n) is 9.64. The van der Waals surface area contributed by atoms with E-state index in [1.807, 2.05) is 4.90 Å². The summed E-state index contributed by atoms with van der Waals surface area (Å²) in [4.78, 5) is 14.8. The predicted octanol–water partition coefficient (Wildman–Crippen LogP) is 4.73. The zero-order chi connectivity index (χ0) is 19.5. The summed E-state index contributed by atoms with van der Waals surface area (Å²) in [7, 11) is 0. The van der Waals surface area contributed by atoms with Crippen molar-refractivity contribution in [2.24, 2.45) is 0 Å². The molecule has 1 saturated heterocycles. The van der Waals surface area contributed by atoms with Crippen molar-refractivity contribution in [3.05, 3.63) is 88.6 Å². The van der Waals surface area contributed by atoms with Gasteiger partial charge in [-0.15, -0.1) is 0 Å². The molecule has 1 fully saturated rings. The molecule has 5 heteroatoms. The maximum atomic E-state index is 13.0. The van der Waals surface area contributed by atoms with Crippen LogP contribution in [0.2, 0.25) is 0 Å². The Bertz CT molecular complexity index is 965. The largest absolute Gasteiger partial charge is 0.351 e. The molecular formula is C23H23FN2O2. The Labute approximate surface area is 164 Å². The molecule has 0 radical (unpaired) electrons. The molecule has 3 aromatic rings. The molecule has 0 unspecified atom stereocenters. The number of halogens is 1. The summed E-state index contributed by atoms with van der Waals surface area (Å²) < 4.78 is 18.4. The van der Waals surface area contributed by atoms with E-state index in [-0.39, 0.29) is 17.5 Å². The van der Waals surface area contributed by atoms with Crippen molar-refractivity contribution in [1.29, 1.82) is 0 Å². The Morgan fingerprint density at radius 1 is 1.21 bits per heavy atom. The summed E-state index contributed by atoms with van der Waals surface area (Å²) in [5, 5.41) is 4.02. The van der Waals surface area contributed by atoms with Crippen molar-refractivity contribution >= 4 is 5.91 Å². The van der Waals surface area contributed by atoms with Gasteiger partial charge in [-0.2, -0.15) is 0 Å². The number of carbonyl (C=O) groups is 1. The second-order valence-electron chi connectivity index (χ2n) is 7.49.